The van der Waals surface area contributed by atoms with Crippen molar-refractivity contribution in [3.8, 4) is 5.75 Å². The molecule has 2 aromatic rings. The van der Waals surface area contributed by atoms with Crippen molar-refractivity contribution in [2.24, 2.45) is 0 Å². The van der Waals surface area contributed by atoms with E-state index in [0.717, 1.165) is 24.2 Å². The molecule has 1 aliphatic rings. The summed E-state index contributed by atoms with van der Waals surface area (Å²) in [6.07, 6.45) is 1.46. The SMILES string of the molecule is O=C(COc1cccc([N+](=O)[O-])c1)NCc1ccc(N2CCCC2=O)cc1. The fourth-order valence-corrected chi connectivity index (χ4v) is 2.80. The maximum Gasteiger partial charge on any atom is 0.273 e. The summed E-state index contributed by atoms with van der Waals surface area (Å²) >= 11 is 0. The van der Waals surface area contributed by atoms with Gasteiger partial charge in [-0.15, -0.1) is 0 Å². The molecule has 0 aliphatic carbocycles. The van der Waals surface area contributed by atoms with E-state index < -0.39 is 4.92 Å². The lowest BCUT2D eigenvalue weighted by Gasteiger charge is -2.16. The minimum absolute atomic E-state index is 0.0931. The van der Waals surface area contributed by atoms with Crippen LogP contribution in [0.25, 0.3) is 0 Å². The molecule has 0 radical (unpaired) electrons. The predicted octanol–water partition coefficient (Wildman–Crippen LogP) is 2.42. The van der Waals surface area contributed by atoms with E-state index in [1.165, 1.54) is 18.2 Å². The van der Waals surface area contributed by atoms with Crippen molar-refractivity contribution in [2.75, 3.05) is 18.1 Å². The standard InChI is InChI=1S/C19H19N3O5/c23-18(13-27-17-4-1-3-16(11-17)22(25)26)20-12-14-6-8-15(9-7-14)21-10-2-5-19(21)24/h1,3-4,6-9,11H,2,5,10,12-13H2,(H,20,23). The topological polar surface area (TPSA) is 102 Å². The molecule has 1 heterocycles. The molecule has 0 unspecified atom stereocenters. The van der Waals surface area contributed by atoms with Gasteiger partial charge in [0.2, 0.25) is 5.91 Å². The number of ether oxygens (including phenoxy) is 1. The van der Waals surface area contributed by atoms with E-state index in [-0.39, 0.29) is 29.9 Å². The van der Waals surface area contributed by atoms with Crippen LogP contribution in [0.15, 0.2) is 48.5 Å². The Morgan fingerprint density at radius 1 is 1.22 bits per heavy atom. The lowest BCUT2D eigenvalue weighted by molar-refractivity contribution is -0.384. The highest BCUT2D eigenvalue weighted by molar-refractivity contribution is 5.95. The Balaban J connectivity index is 1.47. The van der Waals surface area contributed by atoms with Gasteiger partial charge in [0.1, 0.15) is 5.75 Å². The molecule has 2 aromatic carbocycles. The summed E-state index contributed by atoms with van der Waals surface area (Å²) in [5.41, 5.74) is 1.67. The van der Waals surface area contributed by atoms with E-state index in [9.17, 15) is 19.7 Å². The number of carbonyl (C=O) groups excluding carboxylic acids is 2. The highest BCUT2D eigenvalue weighted by Crippen LogP contribution is 2.21. The van der Waals surface area contributed by atoms with Gasteiger partial charge in [-0.2, -0.15) is 0 Å². The van der Waals surface area contributed by atoms with Crippen molar-refractivity contribution in [1.82, 2.24) is 5.32 Å². The Bertz CT molecular complexity index is 851. The van der Waals surface area contributed by atoms with Crippen LogP contribution in [0, 0.1) is 10.1 Å². The summed E-state index contributed by atoms with van der Waals surface area (Å²) in [6.45, 7) is 0.830. The first-order chi connectivity index (χ1) is 13.0. The summed E-state index contributed by atoms with van der Waals surface area (Å²) in [6, 6.07) is 13.1. The normalized spacial score (nSPS) is 13.5. The fraction of sp³-hybridized carbons (Fsp3) is 0.263. The first-order valence-corrected chi connectivity index (χ1v) is 8.56. The number of non-ortho nitro benzene ring substituents is 1. The second-order valence-corrected chi connectivity index (χ2v) is 6.14. The van der Waals surface area contributed by atoms with Crippen LogP contribution in [-0.2, 0) is 16.1 Å². The van der Waals surface area contributed by atoms with Crippen LogP contribution in [0.3, 0.4) is 0 Å². The van der Waals surface area contributed by atoms with Gasteiger partial charge < -0.3 is 15.0 Å². The largest absolute Gasteiger partial charge is 0.484 e. The molecule has 1 fully saturated rings. The van der Waals surface area contributed by atoms with Crippen molar-refractivity contribution >= 4 is 23.2 Å². The van der Waals surface area contributed by atoms with Gasteiger partial charge in [-0.3, -0.25) is 19.7 Å². The molecule has 2 amide bonds. The number of nitrogens with one attached hydrogen (secondary N) is 1. The number of nitrogens with zero attached hydrogens (tertiary/aromatic N) is 2. The molecule has 0 spiro atoms. The van der Waals surface area contributed by atoms with Crippen molar-refractivity contribution in [3.05, 3.63) is 64.2 Å². The summed E-state index contributed by atoms with van der Waals surface area (Å²) in [4.78, 5) is 35.6. The summed E-state index contributed by atoms with van der Waals surface area (Å²) < 4.78 is 5.28. The lowest BCUT2D eigenvalue weighted by atomic mass is 10.2. The first kappa shape index (κ1) is 18.4. The highest BCUT2D eigenvalue weighted by Gasteiger charge is 2.21. The highest BCUT2D eigenvalue weighted by atomic mass is 16.6. The molecule has 1 aliphatic heterocycles. The van der Waals surface area contributed by atoms with E-state index in [2.05, 4.69) is 5.32 Å². The molecule has 8 heteroatoms. The molecule has 3 rings (SSSR count). The van der Waals surface area contributed by atoms with E-state index >= 15 is 0 Å². The Morgan fingerprint density at radius 3 is 2.67 bits per heavy atom. The Labute approximate surface area is 155 Å². The average Bonchev–Trinajstić information content (AvgIpc) is 3.11. The van der Waals surface area contributed by atoms with Crippen LogP contribution in [0.4, 0.5) is 11.4 Å². The van der Waals surface area contributed by atoms with Crippen molar-refractivity contribution < 1.29 is 19.2 Å². The van der Waals surface area contributed by atoms with E-state index in [4.69, 9.17) is 4.74 Å². The second-order valence-electron chi connectivity index (χ2n) is 6.14. The third-order valence-corrected chi connectivity index (χ3v) is 4.21. The molecular weight excluding hydrogens is 350 g/mol. The Hall–Kier alpha value is -3.42. The van der Waals surface area contributed by atoms with Crippen molar-refractivity contribution in [2.45, 2.75) is 19.4 Å². The Kier molecular flexibility index (Phi) is 5.65. The van der Waals surface area contributed by atoms with Gasteiger partial charge in [-0.05, 0) is 30.2 Å². The second kappa shape index (κ2) is 8.31. The predicted molar refractivity (Wildman–Crippen MR) is 98.5 cm³/mol. The Morgan fingerprint density at radius 2 is 2.00 bits per heavy atom. The van der Waals surface area contributed by atoms with Gasteiger partial charge in [0.05, 0.1) is 11.0 Å². The molecule has 140 valence electrons. The zero-order valence-electron chi connectivity index (χ0n) is 14.6. The van der Waals surface area contributed by atoms with Gasteiger partial charge in [0.25, 0.3) is 11.6 Å². The minimum atomic E-state index is -0.522. The zero-order valence-corrected chi connectivity index (χ0v) is 14.6. The van der Waals surface area contributed by atoms with Crippen LogP contribution in [0.1, 0.15) is 18.4 Å². The lowest BCUT2D eigenvalue weighted by Crippen LogP contribution is -2.28. The smallest absolute Gasteiger partial charge is 0.273 e. The molecule has 0 bridgehead atoms. The molecule has 1 saturated heterocycles. The van der Waals surface area contributed by atoms with Crippen molar-refractivity contribution in [3.63, 3.8) is 0 Å². The van der Waals surface area contributed by atoms with Gasteiger partial charge in [-0.1, -0.05) is 18.2 Å². The van der Waals surface area contributed by atoms with Crippen LogP contribution < -0.4 is 15.0 Å². The van der Waals surface area contributed by atoms with Gasteiger partial charge in [-0.25, -0.2) is 0 Å². The van der Waals surface area contributed by atoms with Crippen LogP contribution in [0.5, 0.6) is 5.75 Å². The zero-order chi connectivity index (χ0) is 19.2. The molecule has 1 N–H and O–H groups in total. The monoisotopic (exact) mass is 369 g/mol. The maximum absolute atomic E-state index is 11.9. The number of anilines is 1. The summed E-state index contributed by atoms with van der Waals surface area (Å²) in [5.74, 6) is 0.0636. The molecule has 0 aromatic heterocycles. The van der Waals surface area contributed by atoms with Crippen molar-refractivity contribution in [1.29, 1.82) is 0 Å². The number of nitro benzene ring substituents is 1. The van der Waals surface area contributed by atoms with E-state index in [1.807, 2.05) is 24.3 Å². The number of rotatable bonds is 7. The minimum Gasteiger partial charge on any atom is -0.484 e. The first-order valence-electron chi connectivity index (χ1n) is 8.56. The van der Waals surface area contributed by atoms with Crippen LogP contribution >= 0.6 is 0 Å². The van der Waals surface area contributed by atoms with E-state index in [1.54, 1.807) is 11.0 Å². The molecule has 0 saturated carbocycles. The molecule has 27 heavy (non-hydrogen) atoms. The quantitative estimate of drug-likeness (QED) is 0.596. The number of hydrogen-bond donors (Lipinski definition) is 1. The molecular formula is C19H19N3O5. The van der Waals surface area contributed by atoms with Gasteiger partial charge in [0, 0.05) is 31.3 Å². The number of benzene rings is 2. The third kappa shape index (κ3) is 4.81. The summed E-state index contributed by atoms with van der Waals surface area (Å²) in [5, 5.41) is 13.5. The number of amides is 2. The van der Waals surface area contributed by atoms with Crippen LogP contribution in [-0.4, -0.2) is 29.9 Å². The average molecular weight is 369 g/mol. The van der Waals surface area contributed by atoms with Gasteiger partial charge >= 0.3 is 0 Å². The third-order valence-electron chi connectivity index (χ3n) is 4.21. The van der Waals surface area contributed by atoms with E-state index in [0.29, 0.717) is 13.0 Å². The maximum atomic E-state index is 11.9. The van der Waals surface area contributed by atoms with Crippen LogP contribution in [0.2, 0.25) is 0 Å². The van der Waals surface area contributed by atoms with Gasteiger partial charge in [0.15, 0.2) is 6.61 Å². The molecule has 8 nitrogen and oxygen atoms in total. The fourth-order valence-electron chi connectivity index (χ4n) is 2.80. The molecule has 0 atom stereocenters. The number of nitro groups is 1. The summed E-state index contributed by atoms with van der Waals surface area (Å²) in [7, 11) is 0. The number of hydrogen-bond acceptors (Lipinski definition) is 5. The number of carbonyl (C=O) groups is 2.